The third-order valence-electron chi connectivity index (χ3n) is 5.48. The van der Waals surface area contributed by atoms with Crippen molar-refractivity contribution in [1.82, 2.24) is 15.2 Å². The van der Waals surface area contributed by atoms with Gasteiger partial charge in [-0.05, 0) is 42.7 Å². The van der Waals surface area contributed by atoms with Gasteiger partial charge in [-0.2, -0.15) is 0 Å². The van der Waals surface area contributed by atoms with Crippen LogP contribution in [0, 0.1) is 0 Å². The molecule has 1 N–H and O–H groups in total. The molecule has 1 aromatic heterocycles. The minimum atomic E-state index is 0. The number of ether oxygens (including phenoxy) is 1. The van der Waals surface area contributed by atoms with Crippen LogP contribution in [-0.2, 0) is 6.42 Å². The molecule has 3 aromatic rings. The van der Waals surface area contributed by atoms with Gasteiger partial charge in [0.1, 0.15) is 5.75 Å². The number of thiazole rings is 1. The van der Waals surface area contributed by atoms with Gasteiger partial charge in [0.15, 0.2) is 5.96 Å². The van der Waals surface area contributed by atoms with Crippen molar-refractivity contribution in [2.75, 3.05) is 33.8 Å². The highest BCUT2D eigenvalue weighted by Crippen LogP contribution is 2.28. The van der Waals surface area contributed by atoms with Crippen molar-refractivity contribution in [1.29, 1.82) is 0 Å². The lowest BCUT2D eigenvalue weighted by Gasteiger charge is -2.21. The summed E-state index contributed by atoms with van der Waals surface area (Å²) in [6.07, 6.45) is 3.20. The second-order valence-corrected chi connectivity index (χ2v) is 8.47. The molecule has 0 aliphatic carbocycles. The van der Waals surface area contributed by atoms with Gasteiger partial charge in [-0.3, -0.25) is 4.99 Å². The van der Waals surface area contributed by atoms with Gasteiger partial charge < -0.3 is 15.0 Å². The van der Waals surface area contributed by atoms with Crippen LogP contribution in [0.1, 0.15) is 29.3 Å². The van der Waals surface area contributed by atoms with E-state index in [4.69, 9.17) is 9.72 Å². The van der Waals surface area contributed by atoms with Crippen molar-refractivity contribution in [2.24, 2.45) is 4.99 Å². The lowest BCUT2D eigenvalue weighted by molar-refractivity contribution is 0.414. The zero-order valence-corrected chi connectivity index (χ0v) is 20.7. The van der Waals surface area contributed by atoms with Crippen LogP contribution in [-0.4, -0.2) is 49.6 Å². The summed E-state index contributed by atoms with van der Waals surface area (Å²) in [5.41, 5.74) is 2.48. The van der Waals surface area contributed by atoms with E-state index in [1.165, 1.54) is 15.3 Å². The maximum Gasteiger partial charge on any atom is 0.193 e. The Hall–Kier alpha value is -1.87. The molecule has 0 saturated carbocycles. The summed E-state index contributed by atoms with van der Waals surface area (Å²) in [5, 5.41) is 4.75. The predicted octanol–water partition coefficient (Wildman–Crippen LogP) is 4.92. The number of fused-ring (bicyclic) bond motifs is 1. The quantitative estimate of drug-likeness (QED) is 0.210. The first-order valence-corrected chi connectivity index (χ1v) is 11.0. The fourth-order valence-electron chi connectivity index (χ4n) is 3.90. The van der Waals surface area contributed by atoms with Crippen molar-refractivity contribution >= 4 is 51.5 Å². The number of guanidine groups is 1. The summed E-state index contributed by atoms with van der Waals surface area (Å²) in [6.45, 7) is 2.95. The molecule has 1 aliphatic rings. The normalized spacial score (nSPS) is 16.5. The monoisotopic (exact) mass is 536 g/mol. The van der Waals surface area contributed by atoms with E-state index in [-0.39, 0.29) is 24.0 Å². The maximum atomic E-state index is 5.27. The van der Waals surface area contributed by atoms with Crippen LogP contribution in [0.3, 0.4) is 0 Å². The SMILES string of the molecule is CN=C(NCCCc1nc2ccccc2s1)N1CCC(c2ccc(OC)cc2)C1.I. The molecule has 7 heteroatoms. The van der Waals surface area contributed by atoms with Crippen LogP contribution in [0.25, 0.3) is 10.2 Å². The molecule has 2 aromatic carbocycles. The molecule has 160 valence electrons. The summed E-state index contributed by atoms with van der Waals surface area (Å²) in [7, 11) is 3.58. The summed E-state index contributed by atoms with van der Waals surface area (Å²) < 4.78 is 6.54. The van der Waals surface area contributed by atoms with Gasteiger partial charge in [-0.1, -0.05) is 24.3 Å². The number of aromatic nitrogens is 1. The molecule has 1 unspecified atom stereocenters. The molecular weight excluding hydrogens is 507 g/mol. The number of halogens is 1. The van der Waals surface area contributed by atoms with E-state index in [2.05, 4.69) is 45.5 Å². The number of para-hydroxylation sites is 1. The van der Waals surface area contributed by atoms with Crippen LogP contribution in [0.2, 0.25) is 0 Å². The fourth-order valence-corrected chi connectivity index (χ4v) is 4.91. The van der Waals surface area contributed by atoms with Crippen molar-refractivity contribution in [3.8, 4) is 5.75 Å². The molecule has 4 rings (SSSR count). The Bertz CT molecular complexity index is 940. The largest absolute Gasteiger partial charge is 0.497 e. The van der Waals surface area contributed by atoms with Crippen molar-refractivity contribution in [2.45, 2.75) is 25.2 Å². The average Bonchev–Trinajstić information content (AvgIpc) is 3.41. The Labute approximate surface area is 199 Å². The number of hydrogen-bond donors (Lipinski definition) is 1. The Morgan fingerprint density at radius 3 is 2.77 bits per heavy atom. The van der Waals surface area contributed by atoms with Gasteiger partial charge in [-0.25, -0.2) is 4.98 Å². The van der Waals surface area contributed by atoms with Crippen molar-refractivity contribution in [3.63, 3.8) is 0 Å². The number of hydrogen-bond acceptors (Lipinski definition) is 4. The number of rotatable bonds is 6. The molecule has 0 amide bonds. The highest BCUT2D eigenvalue weighted by Gasteiger charge is 2.25. The van der Waals surface area contributed by atoms with E-state index in [0.29, 0.717) is 5.92 Å². The first-order chi connectivity index (χ1) is 14.3. The number of nitrogens with zero attached hydrogens (tertiary/aromatic N) is 3. The molecule has 1 fully saturated rings. The van der Waals surface area contributed by atoms with E-state index in [1.807, 2.05) is 25.2 Å². The predicted molar refractivity (Wildman–Crippen MR) is 137 cm³/mol. The summed E-state index contributed by atoms with van der Waals surface area (Å²) in [4.78, 5) is 11.6. The Morgan fingerprint density at radius 2 is 2.03 bits per heavy atom. The number of benzene rings is 2. The van der Waals surface area contributed by atoms with Crippen LogP contribution in [0.15, 0.2) is 53.5 Å². The standard InChI is InChI=1S/C23H28N4OS.HI/c1-24-23(25-14-5-8-22-26-20-6-3-4-7-21(20)29-22)27-15-13-18(16-27)17-9-11-19(28-2)12-10-17;/h3-4,6-7,9-12,18H,5,8,13-16H2,1-2H3,(H,24,25);1H. The van der Waals surface area contributed by atoms with E-state index in [9.17, 15) is 0 Å². The third kappa shape index (κ3) is 5.43. The van der Waals surface area contributed by atoms with Crippen molar-refractivity contribution < 1.29 is 4.74 Å². The number of methoxy groups -OCH3 is 1. The number of likely N-dealkylation sites (tertiary alicyclic amines) is 1. The molecule has 0 radical (unpaired) electrons. The minimum Gasteiger partial charge on any atom is -0.497 e. The molecule has 0 bridgehead atoms. The zero-order chi connectivity index (χ0) is 20.1. The Kier molecular flexibility index (Phi) is 8.32. The lowest BCUT2D eigenvalue weighted by atomic mass is 9.98. The van der Waals surface area contributed by atoms with Crippen LogP contribution >= 0.6 is 35.3 Å². The number of aryl methyl sites for hydroxylation is 1. The maximum absolute atomic E-state index is 5.27. The van der Waals surface area contributed by atoms with E-state index in [0.717, 1.165) is 56.1 Å². The molecule has 2 heterocycles. The zero-order valence-electron chi connectivity index (χ0n) is 17.5. The Balaban J connectivity index is 0.00000256. The molecular formula is C23H29IN4OS. The second-order valence-electron chi connectivity index (χ2n) is 7.36. The highest BCUT2D eigenvalue weighted by molar-refractivity contribution is 14.0. The highest BCUT2D eigenvalue weighted by atomic mass is 127. The van der Waals surface area contributed by atoms with Gasteiger partial charge in [-0.15, -0.1) is 35.3 Å². The number of aliphatic imine (C=N–C) groups is 1. The van der Waals surface area contributed by atoms with Crippen LogP contribution in [0.5, 0.6) is 5.75 Å². The smallest absolute Gasteiger partial charge is 0.193 e. The van der Waals surface area contributed by atoms with Crippen LogP contribution in [0.4, 0.5) is 0 Å². The summed E-state index contributed by atoms with van der Waals surface area (Å²) >= 11 is 1.80. The van der Waals surface area contributed by atoms with E-state index < -0.39 is 0 Å². The van der Waals surface area contributed by atoms with Gasteiger partial charge >= 0.3 is 0 Å². The average molecular weight is 536 g/mol. The van der Waals surface area contributed by atoms with Crippen LogP contribution < -0.4 is 10.1 Å². The van der Waals surface area contributed by atoms with Gasteiger partial charge in [0.25, 0.3) is 0 Å². The lowest BCUT2D eigenvalue weighted by Crippen LogP contribution is -2.40. The summed E-state index contributed by atoms with van der Waals surface area (Å²) in [5.74, 6) is 2.46. The Morgan fingerprint density at radius 1 is 1.23 bits per heavy atom. The fraction of sp³-hybridized carbons (Fsp3) is 0.391. The number of nitrogens with one attached hydrogen (secondary N) is 1. The third-order valence-corrected chi connectivity index (χ3v) is 6.57. The molecule has 1 saturated heterocycles. The van der Waals surface area contributed by atoms with Gasteiger partial charge in [0, 0.05) is 39.0 Å². The first-order valence-electron chi connectivity index (χ1n) is 10.2. The van der Waals surface area contributed by atoms with Gasteiger partial charge in [0.05, 0.1) is 22.3 Å². The minimum absolute atomic E-state index is 0. The molecule has 0 spiro atoms. The second kappa shape index (κ2) is 10.9. The van der Waals surface area contributed by atoms with E-state index >= 15 is 0 Å². The molecule has 1 aliphatic heterocycles. The molecule has 1 atom stereocenters. The first kappa shape index (κ1) is 22.8. The molecule has 30 heavy (non-hydrogen) atoms. The topological polar surface area (TPSA) is 49.8 Å². The molecule has 5 nitrogen and oxygen atoms in total. The van der Waals surface area contributed by atoms with Gasteiger partial charge in [0.2, 0.25) is 0 Å². The summed E-state index contributed by atoms with van der Waals surface area (Å²) in [6, 6.07) is 16.8. The van der Waals surface area contributed by atoms with E-state index in [1.54, 1.807) is 18.4 Å². The van der Waals surface area contributed by atoms with Crippen molar-refractivity contribution in [3.05, 3.63) is 59.1 Å².